The highest BCUT2D eigenvalue weighted by atomic mass is 32.2. The maximum atomic E-state index is 11.1. The van der Waals surface area contributed by atoms with Crippen molar-refractivity contribution in [3.8, 4) is 0 Å². The average Bonchev–Trinajstić information content (AvgIpc) is 2.46. The Hall–Kier alpha value is -1.96. The molecule has 1 aromatic heterocycles. The molecule has 0 fully saturated rings. The lowest BCUT2D eigenvalue weighted by molar-refractivity contribution is 0.597. The van der Waals surface area contributed by atoms with Crippen molar-refractivity contribution in [1.82, 2.24) is 4.98 Å². The quantitative estimate of drug-likeness (QED) is 0.732. The predicted octanol–water partition coefficient (Wildman–Crippen LogP) is 0.842. The van der Waals surface area contributed by atoms with Gasteiger partial charge in [0.25, 0.3) is 0 Å². The van der Waals surface area contributed by atoms with Crippen LogP contribution in [0.5, 0.6) is 0 Å². The van der Waals surface area contributed by atoms with Gasteiger partial charge in [-0.25, -0.2) is 18.5 Å². The third-order valence-corrected chi connectivity index (χ3v) is 3.89. The molecule has 21 heavy (non-hydrogen) atoms. The zero-order chi connectivity index (χ0) is 15.3. The Kier molecular flexibility index (Phi) is 4.89. The van der Waals surface area contributed by atoms with Gasteiger partial charge in [0, 0.05) is 12.7 Å². The van der Waals surface area contributed by atoms with E-state index < -0.39 is 10.0 Å². The molecule has 0 saturated heterocycles. The van der Waals surface area contributed by atoms with E-state index in [0.29, 0.717) is 18.9 Å². The van der Waals surface area contributed by atoms with Crippen LogP contribution in [0.3, 0.4) is 0 Å². The van der Waals surface area contributed by atoms with Gasteiger partial charge < -0.3 is 11.1 Å². The molecule has 2 aromatic rings. The molecule has 2 rings (SSSR count). The first-order valence-electron chi connectivity index (χ1n) is 6.49. The van der Waals surface area contributed by atoms with Gasteiger partial charge in [0.1, 0.15) is 10.7 Å². The van der Waals surface area contributed by atoms with E-state index in [-0.39, 0.29) is 4.90 Å². The van der Waals surface area contributed by atoms with Crippen LogP contribution in [0.1, 0.15) is 11.1 Å². The highest BCUT2D eigenvalue weighted by molar-refractivity contribution is 7.89. The number of anilines is 1. The number of nitrogens with one attached hydrogen (secondary N) is 1. The van der Waals surface area contributed by atoms with Gasteiger partial charge in [0.15, 0.2) is 0 Å². The summed E-state index contributed by atoms with van der Waals surface area (Å²) >= 11 is 0. The SMILES string of the molecule is NCCc1ccc(CNc2ccc(S(N)(=O)=O)cn2)cc1. The van der Waals surface area contributed by atoms with Gasteiger partial charge >= 0.3 is 0 Å². The molecular formula is C14H18N4O2S. The van der Waals surface area contributed by atoms with Gasteiger partial charge in [-0.1, -0.05) is 24.3 Å². The van der Waals surface area contributed by atoms with Crippen LogP contribution in [-0.4, -0.2) is 19.9 Å². The zero-order valence-electron chi connectivity index (χ0n) is 11.5. The summed E-state index contributed by atoms with van der Waals surface area (Å²) in [6.45, 7) is 1.24. The number of pyridine rings is 1. The normalized spacial score (nSPS) is 11.3. The van der Waals surface area contributed by atoms with Crippen LogP contribution in [0.15, 0.2) is 47.5 Å². The van der Waals surface area contributed by atoms with E-state index in [2.05, 4.69) is 10.3 Å². The number of hydrogen-bond donors (Lipinski definition) is 3. The number of benzene rings is 1. The highest BCUT2D eigenvalue weighted by Gasteiger charge is 2.07. The summed E-state index contributed by atoms with van der Waals surface area (Å²) in [6, 6.07) is 11.1. The fraction of sp³-hybridized carbons (Fsp3) is 0.214. The Labute approximate surface area is 124 Å². The minimum Gasteiger partial charge on any atom is -0.366 e. The maximum Gasteiger partial charge on any atom is 0.239 e. The number of nitrogens with two attached hydrogens (primary N) is 2. The zero-order valence-corrected chi connectivity index (χ0v) is 12.3. The first-order valence-corrected chi connectivity index (χ1v) is 8.04. The lowest BCUT2D eigenvalue weighted by atomic mass is 10.1. The average molecular weight is 306 g/mol. The molecular weight excluding hydrogens is 288 g/mol. The summed E-state index contributed by atoms with van der Waals surface area (Å²) in [4.78, 5) is 4.02. The van der Waals surface area contributed by atoms with E-state index in [0.717, 1.165) is 12.0 Å². The Morgan fingerprint density at radius 2 is 1.71 bits per heavy atom. The molecule has 0 radical (unpaired) electrons. The molecule has 0 amide bonds. The van der Waals surface area contributed by atoms with Crippen molar-refractivity contribution >= 4 is 15.8 Å². The Balaban J connectivity index is 1.96. The minimum absolute atomic E-state index is 0.000752. The molecule has 0 atom stereocenters. The Bertz CT molecular complexity index is 682. The van der Waals surface area contributed by atoms with E-state index in [9.17, 15) is 8.42 Å². The molecule has 0 unspecified atom stereocenters. The topological polar surface area (TPSA) is 111 Å². The summed E-state index contributed by atoms with van der Waals surface area (Å²) < 4.78 is 22.2. The first-order chi connectivity index (χ1) is 9.99. The summed E-state index contributed by atoms with van der Waals surface area (Å²) in [7, 11) is -3.70. The van der Waals surface area contributed by atoms with Crippen LogP contribution < -0.4 is 16.2 Å². The van der Waals surface area contributed by atoms with Crippen molar-refractivity contribution in [2.75, 3.05) is 11.9 Å². The van der Waals surface area contributed by atoms with E-state index in [1.54, 1.807) is 6.07 Å². The molecule has 6 nitrogen and oxygen atoms in total. The molecule has 0 aliphatic rings. The van der Waals surface area contributed by atoms with Gasteiger partial charge in [0.2, 0.25) is 10.0 Å². The van der Waals surface area contributed by atoms with Gasteiger partial charge in [-0.3, -0.25) is 0 Å². The van der Waals surface area contributed by atoms with Crippen LogP contribution in [0, 0.1) is 0 Å². The molecule has 7 heteroatoms. The molecule has 5 N–H and O–H groups in total. The number of rotatable bonds is 6. The largest absolute Gasteiger partial charge is 0.366 e. The number of aromatic nitrogens is 1. The van der Waals surface area contributed by atoms with E-state index in [1.165, 1.54) is 17.8 Å². The van der Waals surface area contributed by atoms with Crippen molar-refractivity contribution in [1.29, 1.82) is 0 Å². The number of nitrogens with zero attached hydrogens (tertiary/aromatic N) is 1. The molecule has 112 valence electrons. The molecule has 1 aromatic carbocycles. The second-order valence-electron chi connectivity index (χ2n) is 4.63. The number of hydrogen-bond acceptors (Lipinski definition) is 5. The van der Waals surface area contributed by atoms with Crippen LogP contribution in [0.2, 0.25) is 0 Å². The first kappa shape index (κ1) is 15.4. The molecule has 0 spiro atoms. The van der Waals surface area contributed by atoms with Crippen molar-refractivity contribution in [2.24, 2.45) is 10.9 Å². The second-order valence-corrected chi connectivity index (χ2v) is 6.19. The molecule has 1 heterocycles. The predicted molar refractivity (Wildman–Crippen MR) is 82.1 cm³/mol. The molecule has 0 aliphatic carbocycles. The maximum absolute atomic E-state index is 11.1. The third kappa shape index (κ3) is 4.52. The summed E-state index contributed by atoms with van der Waals surface area (Å²) in [5.74, 6) is 0.591. The highest BCUT2D eigenvalue weighted by Crippen LogP contribution is 2.11. The van der Waals surface area contributed by atoms with E-state index in [1.807, 2.05) is 24.3 Å². The second kappa shape index (κ2) is 6.66. The minimum atomic E-state index is -3.70. The molecule has 0 aliphatic heterocycles. The Morgan fingerprint density at radius 3 is 2.24 bits per heavy atom. The molecule has 0 saturated carbocycles. The van der Waals surface area contributed by atoms with Gasteiger partial charge in [-0.2, -0.15) is 0 Å². The fourth-order valence-corrected chi connectivity index (χ4v) is 2.29. The van der Waals surface area contributed by atoms with Crippen molar-refractivity contribution < 1.29 is 8.42 Å². The monoisotopic (exact) mass is 306 g/mol. The van der Waals surface area contributed by atoms with Gasteiger partial charge in [-0.05, 0) is 36.2 Å². The van der Waals surface area contributed by atoms with Gasteiger partial charge in [0.05, 0.1) is 0 Å². The van der Waals surface area contributed by atoms with Crippen LogP contribution in [0.25, 0.3) is 0 Å². The smallest absolute Gasteiger partial charge is 0.239 e. The lowest BCUT2D eigenvalue weighted by Gasteiger charge is -2.07. The third-order valence-electron chi connectivity index (χ3n) is 2.99. The number of sulfonamides is 1. The van der Waals surface area contributed by atoms with E-state index in [4.69, 9.17) is 10.9 Å². The standard InChI is InChI=1S/C14H18N4O2S/c15-8-7-11-1-3-12(4-2-11)9-17-14-6-5-13(10-18-14)21(16,19)20/h1-6,10H,7-9,15H2,(H,17,18)(H2,16,19,20). The van der Waals surface area contributed by atoms with Gasteiger partial charge in [-0.15, -0.1) is 0 Å². The summed E-state index contributed by atoms with van der Waals surface area (Å²) in [5.41, 5.74) is 7.81. The summed E-state index contributed by atoms with van der Waals surface area (Å²) in [6.07, 6.45) is 2.10. The van der Waals surface area contributed by atoms with Crippen molar-refractivity contribution in [2.45, 2.75) is 17.9 Å². The number of primary sulfonamides is 1. The van der Waals surface area contributed by atoms with Crippen LogP contribution >= 0.6 is 0 Å². The molecule has 0 bridgehead atoms. The fourth-order valence-electron chi connectivity index (χ4n) is 1.84. The Morgan fingerprint density at radius 1 is 1.05 bits per heavy atom. The van der Waals surface area contributed by atoms with Crippen molar-refractivity contribution in [3.05, 3.63) is 53.7 Å². The lowest BCUT2D eigenvalue weighted by Crippen LogP contribution is -2.12. The van der Waals surface area contributed by atoms with Crippen LogP contribution in [0.4, 0.5) is 5.82 Å². The van der Waals surface area contributed by atoms with E-state index >= 15 is 0 Å². The summed E-state index contributed by atoms with van der Waals surface area (Å²) in [5, 5.41) is 8.13. The van der Waals surface area contributed by atoms with Crippen molar-refractivity contribution in [3.63, 3.8) is 0 Å². The van der Waals surface area contributed by atoms with Crippen LogP contribution in [-0.2, 0) is 23.0 Å².